The predicted octanol–water partition coefficient (Wildman–Crippen LogP) is 4.52. The third kappa shape index (κ3) is 6.31. The van der Waals surface area contributed by atoms with E-state index in [1.807, 2.05) is 12.2 Å². The van der Waals surface area contributed by atoms with E-state index in [0.29, 0.717) is 17.9 Å². The van der Waals surface area contributed by atoms with Gasteiger partial charge in [0.15, 0.2) is 9.04 Å². The maximum absolute atomic E-state index is 10.3. The molecule has 120 valence electrons. The molecule has 0 aromatic heterocycles. The number of rotatable bonds is 6. The van der Waals surface area contributed by atoms with Crippen molar-refractivity contribution in [2.45, 2.75) is 65.7 Å². The van der Waals surface area contributed by atoms with E-state index in [-0.39, 0.29) is 5.41 Å². The van der Waals surface area contributed by atoms with Gasteiger partial charge in [-0.25, -0.2) is 0 Å². The lowest BCUT2D eigenvalue weighted by molar-refractivity contribution is -0.104. The van der Waals surface area contributed by atoms with Crippen molar-refractivity contribution < 1.29 is 9.22 Å². The fraction of sp³-hybridized carbons (Fsp3) is 0.722. The fourth-order valence-corrected chi connectivity index (χ4v) is 4.56. The van der Waals surface area contributed by atoms with Gasteiger partial charge in [0, 0.05) is 0 Å². The second-order valence-corrected chi connectivity index (χ2v) is 9.86. The Bertz CT molecular complexity index is 366. The van der Waals surface area contributed by atoms with Crippen LogP contribution < -0.4 is 0 Å². The van der Waals surface area contributed by atoms with Crippen LogP contribution in [-0.4, -0.2) is 21.4 Å². The van der Waals surface area contributed by atoms with E-state index in [0.717, 1.165) is 6.29 Å². The molecule has 21 heavy (non-hydrogen) atoms. The van der Waals surface area contributed by atoms with Crippen LogP contribution in [0, 0.1) is 17.3 Å². The van der Waals surface area contributed by atoms with E-state index in [4.69, 9.17) is 4.43 Å². The Morgan fingerprint density at radius 2 is 1.76 bits per heavy atom. The molecule has 0 radical (unpaired) electrons. The lowest BCUT2D eigenvalue weighted by Gasteiger charge is -2.43. The van der Waals surface area contributed by atoms with E-state index in [1.54, 1.807) is 6.08 Å². The summed E-state index contributed by atoms with van der Waals surface area (Å²) in [5.41, 5.74) is 0.185. The van der Waals surface area contributed by atoms with Gasteiger partial charge in [0.2, 0.25) is 0 Å². The zero-order valence-corrected chi connectivity index (χ0v) is 15.5. The van der Waals surface area contributed by atoms with Gasteiger partial charge >= 0.3 is 0 Å². The van der Waals surface area contributed by atoms with Crippen LogP contribution in [0.15, 0.2) is 24.3 Å². The minimum atomic E-state index is -1.05. The van der Waals surface area contributed by atoms with E-state index < -0.39 is 9.04 Å². The number of hydrogen-bond acceptors (Lipinski definition) is 2. The molecule has 0 spiro atoms. The SMILES string of the molecule is C[SiH](C)OC([C@@H]1CCCC[C@H]1C=CC=CC=O)C(C)(C)C. The van der Waals surface area contributed by atoms with Crippen molar-refractivity contribution in [1.82, 2.24) is 0 Å². The van der Waals surface area contributed by atoms with Gasteiger partial charge in [0.25, 0.3) is 0 Å². The standard InChI is InChI=1S/C18H32O2Si/c1-18(2,3)17(20-21(4)5)16-13-9-8-12-15(16)11-7-6-10-14-19/h6-7,10-11,14-17,21H,8-9,12-13H2,1-5H3/t15-,16-,17?/m1/s1. The first-order chi connectivity index (χ1) is 9.86. The molecule has 3 heteroatoms. The molecular weight excluding hydrogens is 276 g/mol. The average molecular weight is 309 g/mol. The first-order valence-corrected chi connectivity index (χ1v) is 11.1. The van der Waals surface area contributed by atoms with Gasteiger partial charge in [-0.3, -0.25) is 4.79 Å². The van der Waals surface area contributed by atoms with Gasteiger partial charge in [-0.1, -0.05) is 51.8 Å². The molecule has 0 aromatic rings. The molecular formula is C18H32O2Si. The summed E-state index contributed by atoms with van der Waals surface area (Å²) in [5, 5.41) is 0. The van der Waals surface area contributed by atoms with Crippen molar-refractivity contribution in [3.63, 3.8) is 0 Å². The Morgan fingerprint density at radius 1 is 1.10 bits per heavy atom. The normalized spacial score (nSPS) is 25.8. The predicted molar refractivity (Wildman–Crippen MR) is 93.0 cm³/mol. The van der Waals surface area contributed by atoms with Gasteiger partial charge < -0.3 is 4.43 Å². The second-order valence-electron chi connectivity index (χ2n) is 7.49. The van der Waals surface area contributed by atoms with Crippen LogP contribution in [0.4, 0.5) is 0 Å². The summed E-state index contributed by atoms with van der Waals surface area (Å²) in [6.07, 6.45) is 14.0. The zero-order valence-electron chi connectivity index (χ0n) is 14.3. The number of hydrogen-bond donors (Lipinski definition) is 0. The number of carbonyl (C=O) groups excluding carboxylic acids is 1. The third-order valence-electron chi connectivity index (χ3n) is 4.20. The molecule has 3 atom stereocenters. The molecule has 1 aliphatic rings. The highest BCUT2D eigenvalue weighted by atomic mass is 28.3. The summed E-state index contributed by atoms with van der Waals surface area (Å²) >= 11 is 0. The largest absolute Gasteiger partial charge is 0.417 e. The Kier molecular flexibility index (Phi) is 7.61. The highest BCUT2D eigenvalue weighted by molar-refractivity contribution is 6.48. The molecule has 1 saturated carbocycles. The van der Waals surface area contributed by atoms with E-state index in [1.165, 1.54) is 25.7 Å². The maximum Gasteiger partial charge on any atom is 0.171 e. The Hall–Kier alpha value is -0.673. The quantitative estimate of drug-likeness (QED) is 0.312. The Morgan fingerprint density at radius 3 is 2.33 bits per heavy atom. The summed E-state index contributed by atoms with van der Waals surface area (Å²) in [5.74, 6) is 1.18. The molecule has 0 heterocycles. The lowest BCUT2D eigenvalue weighted by atomic mass is 9.69. The minimum Gasteiger partial charge on any atom is -0.417 e. The van der Waals surface area contributed by atoms with Crippen LogP contribution in [-0.2, 0) is 9.22 Å². The molecule has 0 aliphatic heterocycles. The van der Waals surface area contributed by atoms with Crippen LogP contribution >= 0.6 is 0 Å². The summed E-state index contributed by atoms with van der Waals surface area (Å²) in [4.78, 5) is 10.3. The minimum absolute atomic E-state index is 0.185. The molecule has 2 nitrogen and oxygen atoms in total. The van der Waals surface area contributed by atoms with Crippen molar-refractivity contribution in [1.29, 1.82) is 0 Å². The zero-order chi connectivity index (χ0) is 15.9. The van der Waals surface area contributed by atoms with Crippen molar-refractivity contribution in [3.8, 4) is 0 Å². The summed E-state index contributed by atoms with van der Waals surface area (Å²) in [6, 6.07) is 0. The Balaban J connectivity index is 2.87. The van der Waals surface area contributed by atoms with E-state index in [9.17, 15) is 4.79 Å². The lowest BCUT2D eigenvalue weighted by Crippen LogP contribution is -2.43. The topological polar surface area (TPSA) is 26.3 Å². The van der Waals surface area contributed by atoms with Crippen molar-refractivity contribution in [2.75, 3.05) is 0 Å². The smallest absolute Gasteiger partial charge is 0.171 e. The maximum atomic E-state index is 10.3. The van der Waals surface area contributed by atoms with Gasteiger partial charge in [-0.15, -0.1) is 0 Å². The monoisotopic (exact) mass is 308 g/mol. The summed E-state index contributed by atoms with van der Waals surface area (Å²) in [7, 11) is -1.05. The van der Waals surface area contributed by atoms with Gasteiger partial charge in [-0.05, 0) is 49.3 Å². The number of allylic oxidation sites excluding steroid dienone is 4. The summed E-state index contributed by atoms with van der Waals surface area (Å²) < 4.78 is 6.44. The van der Waals surface area contributed by atoms with Gasteiger partial charge in [0.05, 0.1) is 6.10 Å². The van der Waals surface area contributed by atoms with Crippen LogP contribution in [0.5, 0.6) is 0 Å². The van der Waals surface area contributed by atoms with Crippen molar-refractivity contribution >= 4 is 15.3 Å². The van der Waals surface area contributed by atoms with Gasteiger partial charge in [-0.2, -0.15) is 0 Å². The van der Waals surface area contributed by atoms with E-state index in [2.05, 4.69) is 39.9 Å². The van der Waals surface area contributed by atoms with Crippen LogP contribution in [0.25, 0.3) is 0 Å². The second kappa shape index (κ2) is 8.69. The first-order valence-electron chi connectivity index (χ1n) is 8.30. The molecule has 0 saturated heterocycles. The molecule has 0 aromatic carbocycles. The van der Waals surface area contributed by atoms with Crippen molar-refractivity contribution in [3.05, 3.63) is 24.3 Å². The fourth-order valence-electron chi connectivity index (χ4n) is 3.36. The molecule has 1 fully saturated rings. The highest BCUT2D eigenvalue weighted by Crippen LogP contribution is 2.41. The van der Waals surface area contributed by atoms with E-state index >= 15 is 0 Å². The third-order valence-corrected chi connectivity index (χ3v) is 5.03. The number of aldehydes is 1. The molecule has 1 rings (SSSR count). The molecule has 0 N–H and O–H groups in total. The van der Waals surface area contributed by atoms with Crippen LogP contribution in [0.3, 0.4) is 0 Å². The van der Waals surface area contributed by atoms with Crippen LogP contribution in [0.1, 0.15) is 46.5 Å². The van der Waals surface area contributed by atoms with Crippen LogP contribution in [0.2, 0.25) is 13.1 Å². The average Bonchev–Trinajstić information content (AvgIpc) is 2.40. The summed E-state index contributed by atoms with van der Waals surface area (Å²) in [6.45, 7) is 11.4. The highest BCUT2D eigenvalue weighted by Gasteiger charge is 2.38. The molecule has 0 bridgehead atoms. The first kappa shape index (κ1) is 18.4. The Labute approximate surface area is 132 Å². The molecule has 0 amide bonds. The van der Waals surface area contributed by atoms with Gasteiger partial charge in [0.1, 0.15) is 6.29 Å². The molecule has 1 unspecified atom stereocenters. The number of carbonyl (C=O) groups is 1. The molecule has 1 aliphatic carbocycles. The van der Waals surface area contributed by atoms with Crippen molar-refractivity contribution in [2.24, 2.45) is 17.3 Å².